The summed E-state index contributed by atoms with van der Waals surface area (Å²) in [6.45, 7) is 6.60. The summed E-state index contributed by atoms with van der Waals surface area (Å²) in [5, 5.41) is 5.40. The number of anilines is 1. The Hall–Kier alpha value is -1.84. The van der Waals surface area contributed by atoms with Gasteiger partial charge in [0, 0.05) is 12.2 Å². The van der Waals surface area contributed by atoms with Crippen LogP contribution >= 0.6 is 0 Å². The second kappa shape index (κ2) is 10.8. The highest BCUT2D eigenvalue weighted by Crippen LogP contribution is 2.19. The van der Waals surface area contributed by atoms with Gasteiger partial charge in [-0.05, 0) is 31.4 Å². The lowest BCUT2D eigenvalue weighted by molar-refractivity contribution is -0.136. The van der Waals surface area contributed by atoms with Crippen LogP contribution in [0.1, 0.15) is 63.0 Å². The fraction of sp³-hybridized carbons (Fsp3) is 0.579. The molecule has 0 atom stereocenters. The van der Waals surface area contributed by atoms with Gasteiger partial charge >= 0.3 is 11.8 Å². The van der Waals surface area contributed by atoms with Crippen molar-refractivity contribution in [2.45, 2.75) is 65.7 Å². The van der Waals surface area contributed by atoms with Gasteiger partial charge in [-0.3, -0.25) is 9.59 Å². The number of nitrogens with one attached hydrogen (secondary N) is 2. The summed E-state index contributed by atoms with van der Waals surface area (Å²) in [5.74, 6) is -1.15. The maximum Gasteiger partial charge on any atom is 0.313 e. The summed E-state index contributed by atoms with van der Waals surface area (Å²) in [5.41, 5.74) is 2.64. The van der Waals surface area contributed by atoms with Gasteiger partial charge in [-0.25, -0.2) is 0 Å². The summed E-state index contributed by atoms with van der Waals surface area (Å²) in [7, 11) is 0. The Morgan fingerprint density at radius 3 is 2.04 bits per heavy atom. The molecule has 23 heavy (non-hydrogen) atoms. The smallest absolute Gasteiger partial charge is 0.313 e. The van der Waals surface area contributed by atoms with Gasteiger partial charge in [-0.2, -0.15) is 0 Å². The van der Waals surface area contributed by atoms with Crippen LogP contribution in [0.3, 0.4) is 0 Å². The molecule has 0 spiro atoms. The first-order valence-corrected chi connectivity index (χ1v) is 8.71. The second-order valence-electron chi connectivity index (χ2n) is 6.10. The van der Waals surface area contributed by atoms with Gasteiger partial charge in [-0.1, -0.05) is 63.6 Å². The summed E-state index contributed by atoms with van der Waals surface area (Å²) < 4.78 is 0. The lowest BCUT2D eigenvalue weighted by atomic mass is 10.1. The van der Waals surface area contributed by atoms with Gasteiger partial charge in [0.2, 0.25) is 0 Å². The van der Waals surface area contributed by atoms with E-state index in [4.69, 9.17) is 0 Å². The van der Waals surface area contributed by atoms with Crippen molar-refractivity contribution < 1.29 is 9.59 Å². The van der Waals surface area contributed by atoms with Crippen molar-refractivity contribution in [1.82, 2.24) is 5.32 Å². The van der Waals surface area contributed by atoms with Crippen molar-refractivity contribution in [1.29, 1.82) is 0 Å². The topological polar surface area (TPSA) is 58.2 Å². The minimum atomic E-state index is -0.592. The highest BCUT2D eigenvalue weighted by atomic mass is 16.2. The Morgan fingerprint density at radius 2 is 1.43 bits per heavy atom. The number of rotatable bonds is 9. The van der Waals surface area contributed by atoms with Gasteiger partial charge in [0.1, 0.15) is 0 Å². The van der Waals surface area contributed by atoms with E-state index >= 15 is 0 Å². The SMILES string of the molecule is CCCCCCCCCNC(=O)C(=O)Nc1c(C)cccc1C. The Bertz CT molecular complexity index is 492. The Balaban J connectivity index is 2.23. The molecule has 128 valence electrons. The maximum atomic E-state index is 11.9. The molecule has 1 rings (SSSR count). The molecular weight excluding hydrogens is 288 g/mol. The minimum absolute atomic E-state index is 0.557. The molecule has 0 unspecified atom stereocenters. The van der Waals surface area contributed by atoms with Gasteiger partial charge in [0.05, 0.1) is 0 Å². The lowest BCUT2D eigenvalue weighted by Crippen LogP contribution is -2.36. The largest absolute Gasteiger partial charge is 0.348 e. The fourth-order valence-electron chi connectivity index (χ4n) is 2.55. The molecule has 1 aromatic rings. The zero-order valence-corrected chi connectivity index (χ0v) is 14.7. The van der Waals surface area contributed by atoms with Crippen molar-refractivity contribution in [3.8, 4) is 0 Å². The van der Waals surface area contributed by atoms with Gasteiger partial charge in [0.15, 0.2) is 0 Å². The number of carbonyl (C=O) groups is 2. The summed E-state index contributed by atoms with van der Waals surface area (Å²) in [6.07, 6.45) is 8.33. The van der Waals surface area contributed by atoms with Crippen molar-refractivity contribution >= 4 is 17.5 Å². The average Bonchev–Trinajstić information content (AvgIpc) is 2.53. The average molecular weight is 318 g/mol. The number of unbranched alkanes of at least 4 members (excludes halogenated alkanes) is 6. The molecule has 0 aliphatic heterocycles. The molecule has 4 nitrogen and oxygen atoms in total. The predicted molar refractivity (Wildman–Crippen MR) is 95.5 cm³/mol. The van der Waals surface area contributed by atoms with Crippen LogP contribution in [0.2, 0.25) is 0 Å². The van der Waals surface area contributed by atoms with E-state index in [0.29, 0.717) is 6.54 Å². The van der Waals surface area contributed by atoms with Gasteiger partial charge in [0.25, 0.3) is 0 Å². The minimum Gasteiger partial charge on any atom is -0.348 e. The van der Waals surface area contributed by atoms with Crippen LogP contribution in [0.5, 0.6) is 0 Å². The Morgan fingerprint density at radius 1 is 0.870 bits per heavy atom. The molecule has 2 amide bonds. The quantitative estimate of drug-likeness (QED) is 0.532. The molecule has 0 bridgehead atoms. The molecular formula is C19H30N2O2. The van der Waals surface area contributed by atoms with Crippen molar-refractivity contribution in [2.75, 3.05) is 11.9 Å². The maximum absolute atomic E-state index is 11.9. The Labute approximate surface area is 140 Å². The number of carbonyl (C=O) groups excluding carboxylic acids is 2. The number of amides is 2. The van der Waals surface area contributed by atoms with E-state index in [1.54, 1.807) is 0 Å². The molecule has 0 radical (unpaired) electrons. The number of hydrogen-bond acceptors (Lipinski definition) is 2. The molecule has 0 aromatic heterocycles. The molecule has 0 heterocycles. The van der Waals surface area contributed by atoms with Crippen LogP contribution in [0.4, 0.5) is 5.69 Å². The predicted octanol–water partition coefficient (Wildman–Crippen LogP) is 4.11. The summed E-state index contributed by atoms with van der Waals surface area (Å²) >= 11 is 0. The van der Waals surface area contributed by atoms with Crippen LogP contribution in [-0.2, 0) is 9.59 Å². The summed E-state index contributed by atoms with van der Waals surface area (Å²) in [4.78, 5) is 23.8. The molecule has 2 N–H and O–H groups in total. The number of benzene rings is 1. The standard InChI is InChI=1S/C19H30N2O2/c1-4-5-6-7-8-9-10-14-20-18(22)19(23)21-17-15(2)12-11-13-16(17)3/h11-13H,4-10,14H2,1-3H3,(H,20,22)(H,21,23). The lowest BCUT2D eigenvalue weighted by Gasteiger charge is -2.11. The zero-order chi connectivity index (χ0) is 17.1. The number of aryl methyl sites for hydroxylation is 2. The van der Waals surface area contributed by atoms with E-state index in [9.17, 15) is 9.59 Å². The molecule has 0 aliphatic rings. The molecule has 1 aromatic carbocycles. The van der Waals surface area contributed by atoms with Crippen molar-refractivity contribution in [3.63, 3.8) is 0 Å². The van der Waals surface area contributed by atoms with E-state index in [0.717, 1.165) is 29.7 Å². The van der Waals surface area contributed by atoms with Gasteiger partial charge < -0.3 is 10.6 Å². The van der Waals surface area contributed by atoms with E-state index in [-0.39, 0.29) is 0 Å². The third kappa shape index (κ3) is 7.31. The van der Waals surface area contributed by atoms with E-state index in [1.165, 1.54) is 32.1 Å². The van der Waals surface area contributed by atoms with E-state index in [1.807, 2.05) is 32.0 Å². The molecule has 4 heteroatoms. The van der Waals surface area contributed by atoms with E-state index in [2.05, 4.69) is 17.6 Å². The number of para-hydroxylation sites is 1. The first-order valence-electron chi connectivity index (χ1n) is 8.71. The Kier molecular flexibility index (Phi) is 9.03. The molecule has 0 aliphatic carbocycles. The highest BCUT2D eigenvalue weighted by Gasteiger charge is 2.14. The molecule has 0 saturated carbocycles. The third-order valence-corrected chi connectivity index (χ3v) is 3.99. The van der Waals surface area contributed by atoms with Crippen molar-refractivity contribution in [2.24, 2.45) is 0 Å². The summed E-state index contributed by atoms with van der Waals surface area (Å²) in [6, 6.07) is 5.76. The first-order chi connectivity index (χ1) is 11.1. The molecule has 0 saturated heterocycles. The highest BCUT2D eigenvalue weighted by molar-refractivity contribution is 6.39. The number of hydrogen-bond donors (Lipinski definition) is 2. The van der Waals surface area contributed by atoms with Crippen LogP contribution < -0.4 is 10.6 Å². The zero-order valence-electron chi connectivity index (χ0n) is 14.7. The van der Waals surface area contributed by atoms with E-state index < -0.39 is 11.8 Å². The fourth-order valence-corrected chi connectivity index (χ4v) is 2.55. The second-order valence-corrected chi connectivity index (χ2v) is 6.10. The van der Waals surface area contributed by atoms with Crippen molar-refractivity contribution in [3.05, 3.63) is 29.3 Å². The van der Waals surface area contributed by atoms with Crippen LogP contribution in [0, 0.1) is 13.8 Å². The monoisotopic (exact) mass is 318 g/mol. The third-order valence-electron chi connectivity index (χ3n) is 3.99. The van der Waals surface area contributed by atoms with Crippen LogP contribution in [0.25, 0.3) is 0 Å². The normalized spacial score (nSPS) is 10.4. The molecule has 0 fully saturated rings. The van der Waals surface area contributed by atoms with Crippen LogP contribution in [0.15, 0.2) is 18.2 Å². The first kappa shape index (κ1) is 19.2. The van der Waals surface area contributed by atoms with Gasteiger partial charge in [-0.15, -0.1) is 0 Å². The van der Waals surface area contributed by atoms with Crippen LogP contribution in [-0.4, -0.2) is 18.4 Å².